The van der Waals surface area contributed by atoms with E-state index in [-0.39, 0.29) is 11.7 Å². The average Bonchev–Trinajstić information content (AvgIpc) is 3.11. The van der Waals surface area contributed by atoms with Crippen molar-refractivity contribution < 1.29 is 13.9 Å². The average molecular weight is 290 g/mol. The van der Waals surface area contributed by atoms with Gasteiger partial charge in [-0.05, 0) is 49.4 Å². The molecule has 21 heavy (non-hydrogen) atoms. The van der Waals surface area contributed by atoms with Crippen LogP contribution in [0.4, 0.5) is 4.39 Å². The molecule has 0 spiro atoms. The number of hydrogen-bond acceptors (Lipinski definition) is 2. The highest BCUT2D eigenvalue weighted by Crippen LogP contribution is 2.18. The van der Waals surface area contributed by atoms with Crippen molar-refractivity contribution in [3.8, 4) is 0 Å². The second-order valence-corrected chi connectivity index (χ2v) is 5.54. The number of carbonyl (C=O) groups is 1. The maximum Gasteiger partial charge on any atom is 0.267 e. The molecule has 1 amide bonds. The molecule has 0 saturated carbocycles. The summed E-state index contributed by atoms with van der Waals surface area (Å²) in [6.45, 7) is 2.36. The molecule has 2 aromatic rings. The van der Waals surface area contributed by atoms with Gasteiger partial charge in [-0.25, -0.2) is 4.39 Å². The van der Waals surface area contributed by atoms with Crippen LogP contribution in [-0.2, 0) is 4.74 Å². The van der Waals surface area contributed by atoms with E-state index in [1.165, 1.54) is 12.1 Å². The number of ether oxygens (including phenoxy) is 1. The van der Waals surface area contributed by atoms with E-state index in [1.54, 1.807) is 12.1 Å². The molecule has 1 aromatic carbocycles. The predicted molar refractivity (Wildman–Crippen MR) is 78.7 cm³/mol. The van der Waals surface area contributed by atoms with E-state index >= 15 is 0 Å². The number of fused-ring (bicyclic) bond motifs is 1. The van der Waals surface area contributed by atoms with E-state index in [4.69, 9.17) is 4.74 Å². The van der Waals surface area contributed by atoms with Crippen LogP contribution < -0.4 is 5.32 Å². The lowest BCUT2D eigenvalue weighted by Crippen LogP contribution is -2.25. The molecule has 0 bridgehead atoms. The highest BCUT2D eigenvalue weighted by molar-refractivity contribution is 5.97. The fourth-order valence-corrected chi connectivity index (χ4v) is 2.72. The molecule has 1 aliphatic heterocycles. The maximum atomic E-state index is 13.1. The lowest BCUT2D eigenvalue weighted by molar-refractivity contribution is 0.0948. The van der Waals surface area contributed by atoms with Gasteiger partial charge in [-0.1, -0.05) is 0 Å². The topological polar surface area (TPSA) is 54.1 Å². The molecule has 0 unspecified atom stereocenters. The van der Waals surface area contributed by atoms with Gasteiger partial charge in [0.05, 0.1) is 0 Å². The minimum atomic E-state index is -0.310. The van der Waals surface area contributed by atoms with Gasteiger partial charge in [0.15, 0.2) is 0 Å². The van der Waals surface area contributed by atoms with E-state index in [9.17, 15) is 9.18 Å². The van der Waals surface area contributed by atoms with Gasteiger partial charge in [0.25, 0.3) is 5.91 Å². The number of rotatable bonds is 5. The Morgan fingerprint density at radius 3 is 3.14 bits per heavy atom. The summed E-state index contributed by atoms with van der Waals surface area (Å²) in [7, 11) is 0. The molecule has 1 fully saturated rings. The van der Waals surface area contributed by atoms with Gasteiger partial charge in [-0.15, -0.1) is 0 Å². The molecular formula is C16H19FN2O2. The summed E-state index contributed by atoms with van der Waals surface area (Å²) in [5, 5.41) is 3.73. The summed E-state index contributed by atoms with van der Waals surface area (Å²) in [4.78, 5) is 15.0. The van der Waals surface area contributed by atoms with Crippen LogP contribution in [-0.4, -0.2) is 30.6 Å². The summed E-state index contributed by atoms with van der Waals surface area (Å²) in [6.07, 6.45) is 3.16. The smallest absolute Gasteiger partial charge is 0.267 e. The highest BCUT2D eigenvalue weighted by atomic mass is 19.1. The van der Waals surface area contributed by atoms with Gasteiger partial charge in [0.2, 0.25) is 0 Å². The standard InChI is InChI=1S/C16H19FN2O2/c17-13-4-3-12-8-15(19-14(12)9-13)16(20)18-6-1-2-11-5-7-21-10-11/h3-4,8-9,11,19H,1-2,5-7,10H2,(H,18,20)/t11-/m1/s1. The first-order valence-electron chi connectivity index (χ1n) is 7.36. The molecule has 5 heteroatoms. The molecule has 112 valence electrons. The largest absolute Gasteiger partial charge is 0.381 e. The maximum absolute atomic E-state index is 13.1. The first-order valence-corrected chi connectivity index (χ1v) is 7.36. The number of benzene rings is 1. The Morgan fingerprint density at radius 1 is 1.43 bits per heavy atom. The van der Waals surface area contributed by atoms with E-state index in [1.807, 2.05) is 0 Å². The molecule has 2 heterocycles. The number of H-pyrrole nitrogens is 1. The van der Waals surface area contributed by atoms with Crippen molar-refractivity contribution in [3.63, 3.8) is 0 Å². The third-order valence-corrected chi connectivity index (χ3v) is 3.93. The van der Waals surface area contributed by atoms with Gasteiger partial charge < -0.3 is 15.0 Å². The van der Waals surface area contributed by atoms with Gasteiger partial charge in [-0.2, -0.15) is 0 Å². The van der Waals surface area contributed by atoms with Crippen molar-refractivity contribution in [3.05, 3.63) is 35.8 Å². The zero-order chi connectivity index (χ0) is 14.7. The first-order chi connectivity index (χ1) is 10.2. The van der Waals surface area contributed by atoms with Gasteiger partial charge in [-0.3, -0.25) is 4.79 Å². The quantitative estimate of drug-likeness (QED) is 0.832. The summed E-state index contributed by atoms with van der Waals surface area (Å²) >= 11 is 0. The van der Waals surface area contributed by atoms with E-state index in [0.717, 1.165) is 37.9 Å². The monoisotopic (exact) mass is 290 g/mol. The minimum Gasteiger partial charge on any atom is -0.381 e. The summed E-state index contributed by atoms with van der Waals surface area (Å²) in [5.41, 5.74) is 1.11. The minimum absolute atomic E-state index is 0.144. The second kappa shape index (κ2) is 6.26. The number of hydrogen-bond donors (Lipinski definition) is 2. The summed E-state index contributed by atoms with van der Waals surface area (Å²) in [5.74, 6) is 0.183. The number of carbonyl (C=O) groups excluding carboxylic acids is 1. The van der Waals surface area contributed by atoms with Gasteiger partial charge >= 0.3 is 0 Å². The van der Waals surface area contributed by atoms with Crippen molar-refractivity contribution in [2.45, 2.75) is 19.3 Å². The zero-order valence-corrected chi connectivity index (χ0v) is 11.8. The molecule has 2 N–H and O–H groups in total. The van der Waals surface area contributed by atoms with Crippen LogP contribution >= 0.6 is 0 Å². The molecular weight excluding hydrogens is 271 g/mol. The Kier molecular flexibility index (Phi) is 4.20. The van der Waals surface area contributed by atoms with Gasteiger partial charge in [0, 0.05) is 30.7 Å². The highest BCUT2D eigenvalue weighted by Gasteiger charge is 2.15. The predicted octanol–water partition coefficient (Wildman–Crippen LogP) is 2.85. The van der Waals surface area contributed by atoms with Crippen LogP contribution in [0.5, 0.6) is 0 Å². The van der Waals surface area contributed by atoms with Gasteiger partial charge in [0.1, 0.15) is 11.5 Å². The van der Waals surface area contributed by atoms with E-state index in [2.05, 4.69) is 10.3 Å². The van der Waals surface area contributed by atoms with E-state index < -0.39 is 0 Å². The van der Waals surface area contributed by atoms with Crippen LogP contribution in [0.3, 0.4) is 0 Å². The fourth-order valence-electron chi connectivity index (χ4n) is 2.72. The van der Waals surface area contributed by atoms with Crippen LogP contribution in [0.2, 0.25) is 0 Å². The van der Waals surface area contributed by atoms with Crippen LogP contribution in [0.25, 0.3) is 10.9 Å². The Bertz CT molecular complexity index is 632. The van der Waals surface area contributed by atoms with Crippen LogP contribution in [0, 0.1) is 11.7 Å². The molecule has 1 aromatic heterocycles. The number of nitrogens with one attached hydrogen (secondary N) is 2. The molecule has 1 atom stereocenters. The van der Waals surface area contributed by atoms with Crippen LogP contribution in [0.1, 0.15) is 29.8 Å². The number of aromatic amines is 1. The van der Waals surface area contributed by atoms with Crippen molar-refractivity contribution in [1.82, 2.24) is 10.3 Å². The number of amides is 1. The normalized spacial score (nSPS) is 18.2. The van der Waals surface area contributed by atoms with Crippen molar-refractivity contribution in [2.24, 2.45) is 5.92 Å². The Labute approximate surface area is 122 Å². The van der Waals surface area contributed by atoms with E-state index in [0.29, 0.717) is 23.7 Å². The lowest BCUT2D eigenvalue weighted by Gasteiger charge is -2.07. The summed E-state index contributed by atoms with van der Waals surface area (Å²) < 4.78 is 18.4. The Balaban J connectivity index is 1.51. The molecule has 0 aliphatic carbocycles. The van der Waals surface area contributed by atoms with Crippen molar-refractivity contribution in [2.75, 3.05) is 19.8 Å². The zero-order valence-electron chi connectivity index (χ0n) is 11.8. The fraction of sp³-hybridized carbons (Fsp3) is 0.438. The molecule has 3 rings (SSSR count). The van der Waals surface area contributed by atoms with Crippen molar-refractivity contribution in [1.29, 1.82) is 0 Å². The Morgan fingerprint density at radius 2 is 2.33 bits per heavy atom. The molecule has 1 aliphatic rings. The summed E-state index contributed by atoms with van der Waals surface area (Å²) in [6, 6.07) is 6.20. The molecule has 0 radical (unpaired) electrons. The molecule has 4 nitrogen and oxygen atoms in total. The SMILES string of the molecule is O=C(NCCC[C@@H]1CCOC1)c1cc2ccc(F)cc2[nH]1. The lowest BCUT2D eigenvalue weighted by atomic mass is 10.0. The molecule has 1 saturated heterocycles. The van der Waals surface area contributed by atoms with Crippen molar-refractivity contribution >= 4 is 16.8 Å². The number of halogens is 1. The second-order valence-electron chi connectivity index (χ2n) is 5.54. The van der Waals surface area contributed by atoms with Crippen LogP contribution in [0.15, 0.2) is 24.3 Å². The number of aromatic nitrogens is 1. The Hall–Kier alpha value is -1.88. The third-order valence-electron chi connectivity index (χ3n) is 3.93. The third kappa shape index (κ3) is 3.42. The first kappa shape index (κ1) is 14.1.